The molecule has 6 nitrogen and oxygen atoms in total. The monoisotopic (exact) mass is 433 g/mol. The van der Waals surface area contributed by atoms with Gasteiger partial charge in [0.25, 0.3) is 0 Å². The van der Waals surface area contributed by atoms with Crippen LogP contribution < -0.4 is 15.4 Å². The summed E-state index contributed by atoms with van der Waals surface area (Å²) in [6.07, 6.45) is 1.64. The number of hydrogen-bond acceptors (Lipinski definition) is 4. The van der Waals surface area contributed by atoms with Gasteiger partial charge in [-0.2, -0.15) is 0 Å². The summed E-state index contributed by atoms with van der Waals surface area (Å²) in [5.41, 5.74) is 4.96. The molecule has 0 aliphatic heterocycles. The lowest BCUT2D eigenvalue weighted by Gasteiger charge is -2.09. The maximum absolute atomic E-state index is 12.3. The molecule has 1 aromatic heterocycles. The highest BCUT2D eigenvalue weighted by Gasteiger charge is 2.10. The van der Waals surface area contributed by atoms with E-state index in [2.05, 4.69) is 15.6 Å². The topological polar surface area (TPSA) is 76.4 Å². The summed E-state index contributed by atoms with van der Waals surface area (Å²) in [5.74, 6) is 1.06. The van der Waals surface area contributed by atoms with Crippen molar-refractivity contribution in [1.29, 1.82) is 0 Å². The van der Waals surface area contributed by atoms with Gasteiger partial charge in [0.15, 0.2) is 0 Å². The Hall–Kier alpha value is -3.77. The van der Waals surface area contributed by atoms with Crippen LogP contribution in [0.5, 0.6) is 5.75 Å². The van der Waals surface area contributed by atoms with Gasteiger partial charge in [-0.1, -0.05) is 41.4 Å². The van der Waals surface area contributed by atoms with E-state index < -0.39 is 0 Å². The molecule has 2 N–H and O–H groups in total. The molecule has 0 unspecified atom stereocenters. The van der Waals surface area contributed by atoms with Crippen LogP contribution in [0.3, 0.4) is 0 Å². The number of anilines is 2. The molecule has 2 amide bonds. The van der Waals surface area contributed by atoms with E-state index in [1.165, 1.54) is 12.7 Å². The molecular weight excluding hydrogens is 414 g/mol. The first kappa shape index (κ1) is 20.5. The van der Waals surface area contributed by atoms with Gasteiger partial charge in [-0.25, -0.2) is 9.78 Å². The van der Waals surface area contributed by atoms with E-state index in [0.717, 1.165) is 16.8 Å². The van der Waals surface area contributed by atoms with Crippen LogP contribution in [0.1, 0.15) is 5.56 Å². The summed E-state index contributed by atoms with van der Waals surface area (Å²) < 4.78 is 10.7. The first-order chi connectivity index (χ1) is 15.0. The number of nitrogens with zero attached hydrogens (tertiary/aromatic N) is 1. The van der Waals surface area contributed by atoms with Crippen LogP contribution in [-0.4, -0.2) is 18.1 Å². The third-order valence-electron chi connectivity index (χ3n) is 4.65. The molecule has 0 fully saturated rings. The van der Waals surface area contributed by atoms with Crippen LogP contribution in [0.4, 0.5) is 16.2 Å². The summed E-state index contributed by atoms with van der Waals surface area (Å²) in [5, 5.41) is 5.93. The molecule has 4 aromatic rings. The number of oxazole rings is 1. The predicted octanol–water partition coefficient (Wildman–Crippen LogP) is 6.62. The number of urea groups is 1. The summed E-state index contributed by atoms with van der Waals surface area (Å²) in [6.45, 7) is 2.04. The SMILES string of the molecule is COc1ccc(NC(=O)Nc2ccc(-c3nc(-c4ccc(C)cc4)co3)cc2)cc1Cl. The molecule has 4 rings (SSSR count). The van der Waals surface area contributed by atoms with E-state index >= 15 is 0 Å². The van der Waals surface area contributed by atoms with Gasteiger partial charge in [0.2, 0.25) is 5.89 Å². The highest BCUT2D eigenvalue weighted by atomic mass is 35.5. The lowest BCUT2D eigenvalue weighted by atomic mass is 10.1. The number of aromatic nitrogens is 1. The van der Waals surface area contributed by atoms with E-state index in [1.807, 2.05) is 43.3 Å². The van der Waals surface area contributed by atoms with E-state index in [4.69, 9.17) is 20.8 Å². The largest absolute Gasteiger partial charge is 0.495 e. The van der Waals surface area contributed by atoms with Gasteiger partial charge in [0.1, 0.15) is 17.7 Å². The Kier molecular flexibility index (Phi) is 5.91. The van der Waals surface area contributed by atoms with Gasteiger partial charge in [-0.05, 0) is 49.4 Å². The third-order valence-corrected chi connectivity index (χ3v) is 4.95. The molecule has 1 heterocycles. The second-order valence-electron chi connectivity index (χ2n) is 6.91. The van der Waals surface area contributed by atoms with E-state index in [9.17, 15) is 4.79 Å². The number of carbonyl (C=O) groups excluding carboxylic acids is 1. The molecule has 0 saturated heterocycles. The Balaban J connectivity index is 1.41. The molecule has 3 aromatic carbocycles. The van der Waals surface area contributed by atoms with E-state index in [1.54, 1.807) is 36.6 Å². The van der Waals surface area contributed by atoms with Gasteiger partial charge in [0.05, 0.1) is 12.1 Å². The van der Waals surface area contributed by atoms with Crippen molar-refractivity contribution in [2.24, 2.45) is 0 Å². The van der Waals surface area contributed by atoms with Crippen molar-refractivity contribution in [3.63, 3.8) is 0 Å². The molecule has 7 heteroatoms. The Morgan fingerprint density at radius 2 is 1.58 bits per heavy atom. The van der Waals surface area contributed by atoms with E-state index in [-0.39, 0.29) is 6.03 Å². The first-order valence-electron chi connectivity index (χ1n) is 9.56. The normalized spacial score (nSPS) is 10.5. The zero-order valence-electron chi connectivity index (χ0n) is 17.0. The van der Waals surface area contributed by atoms with Crippen molar-refractivity contribution in [3.8, 4) is 28.5 Å². The number of benzene rings is 3. The number of amides is 2. The second-order valence-corrected chi connectivity index (χ2v) is 7.32. The average Bonchev–Trinajstić information content (AvgIpc) is 3.25. The molecule has 0 aliphatic carbocycles. The fourth-order valence-corrected chi connectivity index (χ4v) is 3.25. The quantitative estimate of drug-likeness (QED) is 0.370. The van der Waals surface area contributed by atoms with Crippen LogP contribution in [-0.2, 0) is 0 Å². The van der Waals surface area contributed by atoms with Crippen LogP contribution >= 0.6 is 11.6 Å². The van der Waals surface area contributed by atoms with Gasteiger partial charge in [-0.3, -0.25) is 0 Å². The standard InChI is InChI=1S/C24H20ClN3O3/c1-15-3-5-16(6-4-15)21-14-31-23(28-21)17-7-9-18(10-8-17)26-24(29)27-19-11-12-22(30-2)20(25)13-19/h3-14H,1-2H3,(H2,26,27,29). The van der Waals surface area contributed by atoms with Crippen LogP contribution in [0.2, 0.25) is 5.02 Å². The number of rotatable bonds is 5. The minimum absolute atomic E-state index is 0.383. The summed E-state index contributed by atoms with van der Waals surface area (Å²) in [7, 11) is 1.53. The lowest BCUT2D eigenvalue weighted by Crippen LogP contribution is -2.19. The highest BCUT2D eigenvalue weighted by molar-refractivity contribution is 6.32. The Morgan fingerprint density at radius 1 is 0.935 bits per heavy atom. The molecule has 156 valence electrons. The third kappa shape index (κ3) is 4.87. The van der Waals surface area contributed by atoms with Crippen LogP contribution in [0.25, 0.3) is 22.7 Å². The van der Waals surface area contributed by atoms with Gasteiger partial charge < -0.3 is 19.8 Å². The summed E-state index contributed by atoms with van der Waals surface area (Å²) in [4.78, 5) is 16.8. The molecule has 31 heavy (non-hydrogen) atoms. The van der Waals surface area contributed by atoms with Gasteiger partial charge >= 0.3 is 6.03 Å². The van der Waals surface area contributed by atoms with Crippen molar-refractivity contribution in [2.75, 3.05) is 17.7 Å². The van der Waals surface area contributed by atoms with Crippen molar-refractivity contribution in [2.45, 2.75) is 6.92 Å². The van der Waals surface area contributed by atoms with Gasteiger partial charge in [-0.15, -0.1) is 0 Å². The maximum atomic E-state index is 12.3. The smallest absolute Gasteiger partial charge is 0.323 e. The minimum Gasteiger partial charge on any atom is -0.495 e. The molecule has 0 atom stereocenters. The summed E-state index contributed by atoms with van der Waals surface area (Å²) >= 11 is 6.08. The average molecular weight is 434 g/mol. The number of halogens is 1. The number of ether oxygens (including phenoxy) is 1. The Labute approximate surface area is 184 Å². The van der Waals surface area contributed by atoms with E-state index in [0.29, 0.717) is 28.0 Å². The molecular formula is C24H20ClN3O3. The molecule has 0 saturated carbocycles. The number of aryl methyl sites for hydroxylation is 1. The van der Waals surface area contributed by atoms with Crippen molar-refractivity contribution < 1.29 is 13.9 Å². The second kappa shape index (κ2) is 8.93. The predicted molar refractivity (Wildman–Crippen MR) is 123 cm³/mol. The number of methoxy groups -OCH3 is 1. The van der Waals surface area contributed by atoms with Crippen LogP contribution in [0.15, 0.2) is 77.4 Å². The first-order valence-corrected chi connectivity index (χ1v) is 9.94. The molecule has 0 radical (unpaired) electrons. The number of nitrogens with one attached hydrogen (secondary N) is 2. The Morgan fingerprint density at radius 3 is 2.26 bits per heavy atom. The lowest BCUT2D eigenvalue weighted by molar-refractivity contribution is 0.262. The molecule has 0 spiro atoms. The highest BCUT2D eigenvalue weighted by Crippen LogP contribution is 2.28. The minimum atomic E-state index is -0.383. The van der Waals surface area contributed by atoms with Crippen molar-refractivity contribution >= 4 is 29.0 Å². The fourth-order valence-electron chi connectivity index (χ4n) is 3.00. The molecule has 0 bridgehead atoms. The summed E-state index contributed by atoms with van der Waals surface area (Å²) in [6, 6.07) is 20.0. The number of hydrogen-bond donors (Lipinski definition) is 2. The maximum Gasteiger partial charge on any atom is 0.323 e. The van der Waals surface area contributed by atoms with Crippen molar-refractivity contribution in [3.05, 3.63) is 83.6 Å². The zero-order valence-corrected chi connectivity index (χ0v) is 17.7. The zero-order chi connectivity index (χ0) is 21.8. The molecule has 0 aliphatic rings. The van der Waals surface area contributed by atoms with Crippen LogP contribution in [0, 0.1) is 6.92 Å². The Bertz CT molecular complexity index is 1200. The number of carbonyl (C=O) groups is 1. The van der Waals surface area contributed by atoms with Gasteiger partial charge in [0, 0.05) is 22.5 Å². The van der Waals surface area contributed by atoms with Crippen molar-refractivity contribution in [1.82, 2.24) is 4.98 Å². The fraction of sp³-hybridized carbons (Fsp3) is 0.0833.